The number of carbonyl (C=O) groups excluding carboxylic acids is 3. The van der Waals surface area contributed by atoms with E-state index in [1.165, 1.54) is 21.2 Å². The van der Waals surface area contributed by atoms with Gasteiger partial charge in [0.2, 0.25) is 17.7 Å². The van der Waals surface area contributed by atoms with Crippen LogP contribution in [0.3, 0.4) is 0 Å². The molecule has 0 radical (unpaired) electrons. The maximum atomic E-state index is 13.9. The minimum absolute atomic E-state index is 0.231. The summed E-state index contributed by atoms with van der Waals surface area (Å²) in [5.74, 6) is -1.64. The normalized spacial score (nSPS) is 19.8. The van der Waals surface area contributed by atoms with E-state index in [1.807, 2.05) is 30.3 Å². The van der Waals surface area contributed by atoms with E-state index in [-0.39, 0.29) is 29.1 Å². The highest BCUT2D eigenvalue weighted by Crippen LogP contribution is 2.53. The number of hydrogen-bond donors (Lipinski definition) is 1. The molecule has 2 aliphatic heterocycles. The summed E-state index contributed by atoms with van der Waals surface area (Å²) in [7, 11) is 1.56. The van der Waals surface area contributed by atoms with E-state index >= 15 is 0 Å². The lowest BCUT2D eigenvalue weighted by atomic mass is 9.83. The number of fused-ring (bicyclic) bond motifs is 2. The van der Waals surface area contributed by atoms with Crippen molar-refractivity contribution < 1.29 is 19.1 Å². The number of nitrogens with one attached hydrogen (secondary N) is 1. The summed E-state index contributed by atoms with van der Waals surface area (Å²) in [4.78, 5) is 55.4. The van der Waals surface area contributed by atoms with Gasteiger partial charge in [0.15, 0.2) is 0 Å². The van der Waals surface area contributed by atoms with E-state index < -0.39 is 17.1 Å². The topological polar surface area (TPSA) is 97.7 Å². The van der Waals surface area contributed by atoms with Gasteiger partial charge in [0, 0.05) is 21.5 Å². The second-order valence-electron chi connectivity index (χ2n) is 9.34. The predicted molar refractivity (Wildman–Crippen MR) is 156 cm³/mol. The van der Waals surface area contributed by atoms with Crippen molar-refractivity contribution in [2.24, 2.45) is 5.92 Å². The van der Waals surface area contributed by atoms with E-state index in [2.05, 4.69) is 5.32 Å². The second-order valence-corrected chi connectivity index (χ2v) is 11.9. The number of methoxy groups -OCH3 is 1. The first-order valence-corrected chi connectivity index (χ1v) is 14.5. The number of ether oxygens (including phenoxy) is 1. The third kappa shape index (κ3) is 4.61. The van der Waals surface area contributed by atoms with Gasteiger partial charge in [0.05, 0.1) is 23.7 Å². The van der Waals surface area contributed by atoms with Crippen LogP contribution in [0.25, 0.3) is 0 Å². The summed E-state index contributed by atoms with van der Waals surface area (Å²) in [6.07, 6.45) is 0. The lowest BCUT2D eigenvalue weighted by molar-refractivity contribution is -0.122. The first-order chi connectivity index (χ1) is 19.4. The van der Waals surface area contributed by atoms with Crippen LogP contribution in [-0.4, -0.2) is 34.6 Å². The third-order valence-corrected chi connectivity index (χ3v) is 9.82. The van der Waals surface area contributed by atoms with Crippen LogP contribution in [0.2, 0.25) is 5.02 Å². The maximum Gasteiger partial charge on any atom is 0.308 e. The zero-order valence-electron chi connectivity index (χ0n) is 21.1. The first kappa shape index (κ1) is 26.4. The maximum absolute atomic E-state index is 13.9. The van der Waals surface area contributed by atoms with Crippen LogP contribution in [0.1, 0.15) is 16.4 Å². The molecule has 6 rings (SSSR count). The molecule has 3 heterocycles. The number of aromatic nitrogens is 1. The van der Waals surface area contributed by atoms with Crippen LogP contribution < -0.4 is 19.8 Å². The first-order valence-electron chi connectivity index (χ1n) is 12.4. The van der Waals surface area contributed by atoms with Gasteiger partial charge in [-0.25, -0.2) is 4.90 Å². The number of nitrogens with zero attached hydrogens (tertiary/aromatic N) is 2. The molecule has 1 aromatic heterocycles. The fourth-order valence-corrected chi connectivity index (χ4v) is 8.04. The van der Waals surface area contributed by atoms with Gasteiger partial charge in [-0.2, -0.15) is 0 Å². The summed E-state index contributed by atoms with van der Waals surface area (Å²) in [6.45, 7) is -0.231. The molecule has 3 unspecified atom stereocenters. The molecule has 202 valence electrons. The van der Waals surface area contributed by atoms with Gasteiger partial charge in [-0.05, 0) is 54.1 Å². The summed E-state index contributed by atoms with van der Waals surface area (Å²) in [5, 5.41) is 3.08. The lowest BCUT2D eigenvalue weighted by Crippen LogP contribution is -2.33. The summed E-state index contributed by atoms with van der Waals surface area (Å²) < 4.78 is 6.56. The van der Waals surface area contributed by atoms with Gasteiger partial charge in [-0.15, -0.1) is 0 Å². The highest BCUT2D eigenvalue weighted by Gasteiger charge is 2.56. The van der Waals surface area contributed by atoms with Crippen molar-refractivity contribution in [3.8, 4) is 5.75 Å². The molecule has 0 aliphatic carbocycles. The summed E-state index contributed by atoms with van der Waals surface area (Å²) >= 11 is 8.23. The van der Waals surface area contributed by atoms with E-state index in [1.54, 1.807) is 55.6 Å². The Morgan fingerprint density at radius 3 is 2.33 bits per heavy atom. The smallest absolute Gasteiger partial charge is 0.308 e. The van der Waals surface area contributed by atoms with Crippen molar-refractivity contribution in [3.63, 3.8) is 0 Å². The molecular weight excluding hydrogens is 570 g/mol. The number of carbonyl (C=O) groups is 3. The van der Waals surface area contributed by atoms with Crippen LogP contribution in [0.5, 0.6) is 5.75 Å². The Kier molecular flexibility index (Phi) is 6.99. The Morgan fingerprint density at radius 1 is 0.950 bits per heavy atom. The number of thioether (sulfide) groups is 1. The highest BCUT2D eigenvalue weighted by atomic mass is 35.5. The largest absolute Gasteiger partial charge is 0.497 e. The van der Waals surface area contributed by atoms with E-state index in [9.17, 15) is 19.2 Å². The van der Waals surface area contributed by atoms with Crippen LogP contribution in [0.15, 0.2) is 88.7 Å². The lowest BCUT2D eigenvalue weighted by Gasteiger charge is -2.30. The van der Waals surface area contributed by atoms with Gasteiger partial charge < -0.3 is 10.1 Å². The molecule has 0 bridgehead atoms. The molecule has 11 heteroatoms. The Morgan fingerprint density at radius 2 is 1.65 bits per heavy atom. The van der Waals surface area contributed by atoms with Gasteiger partial charge in [-0.1, -0.05) is 65.0 Å². The number of rotatable bonds is 6. The Labute approximate surface area is 242 Å². The van der Waals surface area contributed by atoms with Gasteiger partial charge >= 0.3 is 4.87 Å². The molecular formula is C29H22ClN3O5S2. The SMILES string of the molecule is COc1ccc(NC(=O)Cn2c3c(sc2=O)C(c2ccccc2)C2C(=O)N(c4ccc(Cl)cc4)C(=O)C2S3)cc1. The molecule has 0 spiro atoms. The average Bonchev–Trinajstić information content (AvgIpc) is 3.40. The standard InChI is InChI=1S/C29H22ClN3O5S2/c1-38-20-13-9-18(10-14-20)31-21(34)15-32-28-25(40-29(32)37)22(16-5-3-2-4-6-16)23-24(39-28)27(36)33(26(23)35)19-11-7-17(30)8-12-19/h2-14,22-24H,15H2,1H3,(H,31,34). The van der Waals surface area contributed by atoms with E-state index in [0.717, 1.165) is 16.9 Å². The van der Waals surface area contributed by atoms with Crippen molar-refractivity contribution in [1.82, 2.24) is 4.57 Å². The van der Waals surface area contributed by atoms with Crippen molar-refractivity contribution in [2.75, 3.05) is 17.3 Å². The molecule has 8 nitrogen and oxygen atoms in total. The molecule has 0 saturated carbocycles. The van der Waals surface area contributed by atoms with Crippen molar-refractivity contribution >= 4 is 63.8 Å². The van der Waals surface area contributed by atoms with Crippen LogP contribution >= 0.6 is 34.7 Å². The number of halogens is 1. The minimum Gasteiger partial charge on any atom is -0.497 e. The number of imide groups is 1. The fraction of sp³-hybridized carbons (Fsp3) is 0.172. The zero-order valence-corrected chi connectivity index (χ0v) is 23.5. The van der Waals surface area contributed by atoms with Crippen LogP contribution in [-0.2, 0) is 20.9 Å². The van der Waals surface area contributed by atoms with Gasteiger partial charge in [0.25, 0.3) is 0 Å². The molecule has 3 aromatic carbocycles. The molecule has 40 heavy (non-hydrogen) atoms. The average molecular weight is 592 g/mol. The third-order valence-electron chi connectivity index (χ3n) is 6.97. The molecule has 1 N–H and O–H groups in total. The number of anilines is 2. The monoisotopic (exact) mass is 591 g/mol. The molecule has 2 aliphatic rings. The molecule has 3 atom stereocenters. The highest BCUT2D eigenvalue weighted by molar-refractivity contribution is 8.00. The number of benzene rings is 3. The predicted octanol–water partition coefficient (Wildman–Crippen LogP) is 5.01. The number of amides is 3. The van der Waals surface area contributed by atoms with E-state index in [0.29, 0.717) is 32.1 Å². The van der Waals surface area contributed by atoms with Crippen LogP contribution in [0, 0.1) is 5.92 Å². The zero-order chi connectivity index (χ0) is 28.0. The molecule has 1 saturated heterocycles. The summed E-state index contributed by atoms with van der Waals surface area (Å²) in [6, 6.07) is 22.8. The Bertz CT molecular complexity index is 1670. The van der Waals surface area contributed by atoms with E-state index in [4.69, 9.17) is 16.3 Å². The fourth-order valence-electron chi connectivity index (χ4n) is 5.14. The second kappa shape index (κ2) is 10.6. The van der Waals surface area contributed by atoms with Gasteiger partial charge in [-0.3, -0.25) is 23.7 Å². The number of hydrogen-bond acceptors (Lipinski definition) is 7. The number of thiazole rings is 1. The van der Waals surface area contributed by atoms with Crippen molar-refractivity contribution in [1.29, 1.82) is 0 Å². The van der Waals surface area contributed by atoms with Crippen molar-refractivity contribution in [3.05, 3.63) is 104 Å². The quantitative estimate of drug-likeness (QED) is 0.317. The molecule has 4 aromatic rings. The molecule has 1 fully saturated rings. The van der Waals surface area contributed by atoms with Crippen molar-refractivity contribution in [2.45, 2.75) is 22.7 Å². The molecule has 3 amide bonds. The van der Waals surface area contributed by atoms with Crippen LogP contribution in [0.4, 0.5) is 11.4 Å². The summed E-state index contributed by atoms with van der Waals surface area (Å²) in [5.41, 5.74) is 1.84. The minimum atomic E-state index is -0.759. The van der Waals surface area contributed by atoms with Gasteiger partial charge in [0.1, 0.15) is 17.5 Å². The Balaban J connectivity index is 1.37. The Hall–Kier alpha value is -3.86.